The van der Waals surface area contributed by atoms with Crippen LogP contribution in [0.15, 0.2) is 35.4 Å². The maximum atomic E-state index is 12.0. The van der Waals surface area contributed by atoms with Gasteiger partial charge in [-0.3, -0.25) is 9.69 Å². The maximum absolute atomic E-state index is 12.0. The molecule has 4 aliphatic heterocycles. The Labute approximate surface area is 119 Å². The van der Waals surface area contributed by atoms with Crippen molar-refractivity contribution in [2.75, 3.05) is 13.1 Å². The molecular weight excluding hydrogens is 250 g/mol. The highest BCUT2D eigenvalue weighted by molar-refractivity contribution is 5.97. The van der Waals surface area contributed by atoms with Crippen LogP contribution in [0.5, 0.6) is 0 Å². The normalized spacial score (nSPS) is 34.9. The van der Waals surface area contributed by atoms with Crippen molar-refractivity contribution in [3.05, 3.63) is 35.9 Å². The summed E-state index contributed by atoms with van der Waals surface area (Å²) in [7, 11) is 0. The van der Waals surface area contributed by atoms with E-state index < -0.39 is 0 Å². The minimum Gasteiger partial charge on any atom is -0.293 e. The smallest absolute Gasteiger partial charge is 0.240 e. The number of fused-ring (bicyclic) bond motifs is 2. The average molecular weight is 269 g/mol. The molecule has 1 aromatic rings. The molecule has 0 unspecified atom stereocenters. The molecular formula is C16H19N3O. The monoisotopic (exact) mass is 269 g/mol. The van der Waals surface area contributed by atoms with Crippen molar-refractivity contribution in [1.29, 1.82) is 0 Å². The number of hydrazone groups is 1. The fourth-order valence-corrected chi connectivity index (χ4v) is 3.96. The van der Waals surface area contributed by atoms with E-state index in [4.69, 9.17) is 5.10 Å². The predicted molar refractivity (Wildman–Crippen MR) is 77.2 cm³/mol. The Balaban J connectivity index is 1.79. The number of amides is 1. The second-order valence-corrected chi connectivity index (χ2v) is 6.00. The van der Waals surface area contributed by atoms with Gasteiger partial charge in [0.05, 0.1) is 11.8 Å². The Morgan fingerprint density at radius 2 is 1.85 bits per heavy atom. The van der Waals surface area contributed by atoms with Crippen LogP contribution >= 0.6 is 0 Å². The van der Waals surface area contributed by atoms with Crippen molar-refractivity contribution in [2.24, 2.45) is 11.0 Å². The summed E-state index contributed by atoms with van der Waals surface area (Å²) in [6.07, 6.45) is 2.39. The van der Waals surface area contributed by atoms with Crippen LogP contribution in [0, 0.1) is 5.92 Å². The van der Waals surface area contributed by atoms with Crippen LogP contribution in [0.4, 0.5) is 0 Å². The van der Waals surface area contributed by atoms with E-state index in [2.05, 4.69) is 17.0 Å². The SMILES string of the molecule is CC(=O)N1N=C2C3CCN(CC3)[C@@H]2[C@@H]1c1ccccc1. The van der Waals surface area contributed by atoms with E-state index >= 15 is 0 Å². The van der Waals surface area contributed by atoms with E-state index in [9.17, 15) is 4.79 Å². The third-order valence-corrected chi connectivity index (χ3v) is 4.89. The molecule has 5 rings (SSSR count). The summed E-state index contributed by atoms with van der Waals surface area (Å²) in [4.78, 5) is 14.5. The van der Waals surface area contributed by atoms with Gasteiger partial charge >= 0.3 is 0 Å². The van der Waals surface area contributed by atoms with E-state index in [1.807, 2.05) is 18.2 Å². The molecule has 0 saturated carbocycles. The second-order valence-electron chi connectivity index (χ2n) is 6.00. The first kappa shape index (κ1) is 12.1. The van der Waals surface area contributed by atoms with Crippen LogP contribution in [0.25, 0.3) is 0 Å². The number of nitrogens with zero attached hydrogens (tertiary/aromatic N) is 3. The van der Waals surface area contributed by atoms with Crippen LogP contribution < -0.4 is 0 Å². The zero-order chi connectivity index (χ0) is 13.7. The first-order valence-electron chi connectivity index (χ1n) is 7.43. The fourth-order valence-electron chi connectivity index (χ4n) is 3.96. The standard InChI is InChI=1S/C16H19N3O/c1-11(20)19-15(13-5-3-2-4-6-13)16-14(17-19)12-7-9-18(16)10-8-12/h2-6,12,15-16H,7-10H2,1H3/t15-,16-/m0/s1. The Bertz CT molecular complexity index is 560. The number of hydrogen-bond donors (Lipinski definition) is 0. The third kappa shape index (κ3) is 1.64. The quantitative estimate of drug-likeness (QED) is 0.782. The Morgan fingerprint density at radius 3 is 2.50 bits per heavy atom. The molecule has 3 fully saturated rings. The lowest BCUT2D eigenvalue weighted by Gasteiger charge is -2.46. The summed E-state index contributed by atoms with van der Waals surface area (Å²) in [5.74, 6) is 0.627. The largest absolute Gasteiger partial charge is 0.293 e. The average Bonchev–Trinajstić information content (AvgIpc) is 2.92. The van der Waals surface area contributed by atoms with Gasteiger partial charge in [0.1, 0.15) is 6.04 Å². The van der Waals surface area contributed by atoms with Gasteiger partial charge in [0.25, 0.3) is 0 Å². The molecule has 0 radical (unpaired) electrons. The molecule has 0 aromatic heterocycles. The second kappa shape index (κ2) is 4.42. The van der Waals surface area contributed by atoms with Gasteiger partial charge in [-0.1, -0.05) is 30.3 Å². The zero-order valence-corrected chi connectivity index (χ0v) is 11.7. The van der Waals surface area contributed by atoms with Gasteiger partial charge in [0, 0.05) is 12.8 Å². The van der Waals surface area contributed by atoms with Crippen LogP contribution in [-0.4, -0.2) is 40.7 Å². The molecule has 20 heavy (non-hydrogen) atoms. The van der Waals surface area contributed by atoms with Crippen molar-refractivity contribution >= 4 is 11.6 Å². The van der Waals surface area contributed by atoms with E-state index in [1.54, 1.807) is 11.9 Å². The van der Waals surface area contributed by atoms with E-state index in [1.165, 1.54) is 24.1 Å². The number of hydrogen-bond acceptors (Lipinski definition) is 3. The number of piperidine rings is 3. The molecule has 2 bridgehead atoms. The predicted octanol–water partition coefficient (Wildman–Crippen LogP) is 2.04. The number of rotatable bonds is 1. The molecule has 0 spiro atoms. The molecule has 4 aliphatic rings. The summed E-state index contributed by atoms with van der Waals surface area (Å²) in [6, 6.07) is 10.7. The Morgan fingerprint density at radius 1 is 1.15 bits per heavy atom. The summed E-state index contributed by atoms with van der Waals surface area (Å²) >= 11 is 0. The van der Waals surface area contributed by atoms with Gasteiger partial charge in [-0.15, -0.1) is 0 Å². The van der Waals surface area contributed by atoms with Gasteiger partial charge in [0.15, 0.2) is 0 Å². The van der Waals surface area contributed by atoms with Gasteiger partial charge in [-0.25, -0.2) is 5.01 Å². The van der Waals surface area contributed by atoms with E-state index in [0.29, 0.717) is 12.0 Å². The molecule has 4 heteroatoms. The molecule has 1 aromatic carbocycles. The molecule has 4 nitrogen and oxygen atoms in total. The molecule has 0 N–H and O–H groups in total. The lowest BCUT2D eigenvalue weighted by Crippen LogP contribution is -2.56. The lowest BCUT2D eigenvalue weighted by molar-refractivity contribution is -0.131. The highest BCUT2D eigenvalue weighted by atomic mass is 16.2. The lowest BCUT2D eigenvalue weighted by atomic mass is 9.78. The van der Waals surface area contributed by atoms with Crippen LogP contribution in [0.3, 0.4) is 0 Å². The molecule has 1 amide bonds. The van der Waals surface area contributed by atoms with Gasteiger partial charge in [-0.05, 0) is 31.5 Å². The number of benzene rings is 1. The highest BCUT2D eigenvalue weighted by Gasteiger charge is 2.50. The molecule has 0 aliphatic carbocycles. The first-order valence-corrected chi connectivity index (χ1v) is 7.43. The topological polar surface area (TPSA) is 35.9 Å². The van der Waals surface area contributed by atoms with Crippen LogP contribution in [-0.2, 0) is 4.79 Å². The molecule has 4 heterocycles. The van der Waals surface area contributed by atoms with Gasteiger partial charge < -0.3 is 0 Å². The summed E-state index contributed by atoms with van der Waals surface area (Å²) in [5.41, 5.74) is 2.44. The molecule has 2 atom stereocenters. The van der Waals surface area contributed by atoms with Crippen molar-refractivity contribution in [1.82, 2.24) is 9.91 Å². The summed E-state index contributed by atoms with van der Waals surface area (Å²) < 4.78 is 0. The Kier molecular flexibility index (Phi) is 2.67. The first-order chi connectivity index (χ1) is 9.75. The number of carbonyl (C=O) groups is 1. The molecule has 3 saturated heterocycles. The van der Waals surface area contributed by atoms with Crippen molar-refractivity contribution < 1.29 is 4.79 Å². The van der Waals surface area contributed by atoms with Crippen LogP contribution in [0.2, 0.25) is 0 Å². The summed E-state index contributed by atoms with van der Waals surface area (Å²) in [5, 5.41) is 6.42. The minimum absolute atomic E-state index is 0.0429. The van der Waals surface area contributed by atoms with Crippen molar-refractivity contribution in [2.45, 2.75) is 31.8 Å². The molecule has 104 valence electrons. The Hall–Kier alpha value is -1.68. The maximum Gasteiger partial charge on any atom is 0.240 e. The van der Waals surface area contributed by atoms with Crippen molar-refractivity contribution in [3.63, 3.8) is 0 Å². The van der Waals surface area contributed by atoms with Crippen LogP contribution in [0.1, 0.15) is 31.4 Å². The third-order valence-electron chi connectivity index (χ3n) is 4.89. The van der Waals surface area contributed by atoms with Crippen molar-refractivity contribution in [3.8, 4) is 0 Å². The summed E-state index contributed by atoms with van der Waals surface area (Å²) in [6.45, 7) is 3.90. The number of carbonyl (C=O) groups excluding carboxylic acids is 1. The zero-order valence-electron chi connectivity index (χ0n) is 11.7. The minimum atomic E-state index is 0.0429. The van der Waals surface area contributed by atoms with Gasteiger partial charge in [-0.2, -0.15) is 5.10 Å². The van der Waals surface area contributed by atoms with E-state index in [-0.39, 0.29) is 11.9 Å². The highest BCUT2D eigenvalue weighted by Crippen LogP contribution is 2.43. The fraction of sp³-hybridized carbons (Fsp3) is 0.500. The van der Waals surface area contributed by atoms with E-state index in [0.717, 1.165) is 13.1 Å². The van der Waals surface area contributed by atoms with Gasteiger partial charge in [0.2, 0.25) is 5.91 Å².